The molecule has 21 heavy (non-hydrogen) atoms. The van der Waals surface area contributed by atoms with Gasteiger partial charge in [0, 0.05) is 11.1 Å². The Morgan fingerprint density at radius 3 is 2.52 bits per heavy atom. The first-order valence-electron chi connectivity index (χ1n) is 7.06. The lowest BCUT2D eigenvalue weighted by molar-refractivity contribution is 0.0698. The molecule has 0 aromatic heterocycles. The Hall–Kier alpha value is -1.75. The van der Waals surface area contributed by atoms with Crippen molar-refractivity contribution in [3.8, 4) is 0 Å². The number of anilines is 1. The molecule has 1 aliphatic carbocycles. The Bertz CT molecular complexity index is 540. The molecule has 1 fully saturated rings. The number of carbonyl (C=O) groups is 2. The van der Waals surface area contributed by atoms with Crippen molar-refractivity contribution in [3.63, 3.8) is 0 Å². The molecule has 3 N–H and O–H groups in total. The Morgan fingerprint density at radius 1 is 1.24 bits per heavy atom. The van der Waals surface area contributed by atoms with E-state index in [9.17, 15) is 9.59 Å². The number of hydrogen-bond donors (Lipinski definition) is 3. The number of halogens is 1. The standard InChI is InChI=1S/C15H19ClN2O3/c1-9-2-5-11(6-3-9)17-15(21)18-13-8-10(16)4-7-12(13)14(19)20/h4,7-9,11H,2-3,5-6H2,1H3,(H,19,20)(H2,17,18,21). The summed E-state index contributed by atoms with van der Waals surface area (Å²) in [4.78, 5) is 23.1. The molecule has 2 rings (SSSR count). The van der Waals surface area contributed by atoms with Gasteiger partial charge >= 0.3 is 12.0 Å². The Balaban J connectivity index is 1.99. The van der Waals surface area contributed by atoms with E-state index in [1.54, 1.807) is 0 Å². The molecule has 0 heterocycles. The first-order chi connectivity index (χ1) is 9.95. The van der Waals surface area contributed by atoms with Crippen molar-refractivity contribution in [2.75, 3.05) is 5.32 Å². The lowest BCUT2D eigenvalue weighted by Crippen LogP contribution is -2.40. The third kappa shape index (κ3) is 4.36. The second-order valence-corrected chi connectivity index (χ2v) is 5.99. The van der Waals surface area contributed by atoms with Crippen LogP contribution in [0.5, 0.6) is 0 Å². The summed E-state index contributed by atoms with van der Waals surface area (Å²) < 4.78 is 0. The maximum absolute atomic E-state index is 12.0. The molecule has 114 valence electrons. The molecule has 0 radical (unpaired) electrons. The first kappa shape index (κ1) is 15.6. The van der Waals surface area contributed by atoms with E-state index in [0.717, 1.165) is 25.7 Å². The fourth-order valence-corrected chi connectivity index (χ4v) is 2.73. The maximum atomic E-state index is 12.0. The van der Waals surface area contributed by atoms with Crippen LogP contribution in [0.25, 0.3) is 0 Å². The van der Waals surface area contributed by atoms with Crippen LogP contribution >= 0.6 is 11.6 Å². The zero-order valence-corrected chi connectivity index (χ0v) is 12.6. The summed E-state index contributed by atoms with van der Waals surface area (Å²) in [6.07, 6.45) is 4.11. The fourth-order valence-electron chi connectivity index (χ4n) is 2.55. The molecule has 0 aliphatic heterocycles. The molecular weight excluding hydrogens is 292 g/mol. The smallest absolute Gasteiger partial charge is 0.337 e. The van der Waals surface area contributed by atoms with Gasteiger partial charge in [0.05, 0.1) is 11.3 Å². The van der Waals surface area contributed by atoms with Gasteiger partial charge in [-0.3, -0.25) is 0 Å². The number of rotatable bonds is 3. The highest BCUT2D eigenvalue weighted by Crippen LogP contribution is 2.24. The van der Waals surface area contributed by atoms with Crippen LogP contribution < -0.4 is 10.6 Å². The number of carbonyl (C=O) groups excluding carboxylic acids is 1. The molecular formula is C15H19ClN2O3. The number of carboxylic acids is 1. The normalized spacial score (nSPS) is 21.6. The van der Waals surface area contributed by atoms with E-state index in [1.165, 1.54) is 18.2 Å². The fraction of sp³-hybridized carbons (Fsp3) is 0.467. The van der Waals surface area contributed by atoms with Gasteiger partial charge < -0.3 is 15.7 Å². The van der Waals surface area contributed by atoms with Gasteiger partial charge in [-0.15, -0.1) is 0 Å². The largest absolute Gasteiger partial charge is 0.478 e. The molecule has 0 unspecified atom stereocenters. The summed E-state index contributed by atoms with van der Waals surface area (Å²) >= 11 is 5.85. The van der Waals surface area contributed by atoms with Gasteiger partial charge in [-0.2, -0.15) is 0 Å². The van der Waals surface area contributed by atoms with Crippen LogP contribution in [0.15, 0.2) is 18.2 Å². The Kier molecular flexibility index (Phi) is 5.07. The van der Waals surface area contributed by atoms with Crippen LogP contribution in [-0.4, -0.2) is 23.1 Å². The van der Waals surface area contributed by atoms with E-state index in [0.29, 0.717) is 10.9 Å². The highest BCUT2D eigenvalue weighted by atomic mass is 35.5. The summed E-state index contributed by atoms with van der Waals surface area (Å²) in [5, 5.41) is 14.9. The van der Waals surface area contributed by atoms with Crippen molar-refractivity contribution in [2.45, 2.75) is 38.6 Å². The average molecular weight is 311 g/mol. The molecule has 0 saturated heterocycles. The van der Waals surface area contributed by atoms with Crippen molar-refractivity contribution in [1.29, 1.82) is 0 Å². The molecule has 0 spiro atoms. The van der Waals surface area contributed by atoms with Crippen LogP contribution in [0.1, 0.15) is 43.0 Å². The lowest BCUT2D eigenvalue weighted by atomic mass is 9.87. The molecule has 5 nitrogen and oxygen atoms in total. The van der Waals surface area contributed by atoms with Crippen molar-refractivity contribution in [2.24, 2.45) is 5.92 Å². The van der Waals surface area contributed by atoms with Gasteiger partial charge in [0.15, 0.2) is 0 Å². The average Bonchev–Trinajstić information content (AvgIpc) is 2.41. The number of amides is 2. The monoisotopic (exact) mass is 310 g/mol. The lowest BCUT2D eigenvalue weighted by Gasteiger charge is -2.27. The van der Waals surface area contributed by atoms with E-state index in [4.69, 9.17) is 16.7 Å². The summed E-state index contributed by atoms with van der Waals surface area (Å²) in [7, 11) is 0. The topological polar surface area (TPSA) is 78.4 Å². The maximum Gasteiger partial charge on any atom is 0.337 e. The highest BCUT2D eigenvalue weighted by Gasteiger charge is 2.20. The van der Waals surface area contributed by atoms with E-state index in [-0.39, 0.29) is 23.3 Å². The third-order valence-corrected chi connectivity index (χ3v) is 4.05. The van der Waals surface area contributed by atoms with Gasteiger partial charge in [-0.25, -0.2) is 9.59 Å². The number of hydrogen-bond acceptors (Lipinski definition) is 2. The predicted octanol–water partition coefficient (Wildman–Crippen LogP) is 3.74. The molecule has 2 amide bonds. The quantitative estimate of drug-likeness (QED) is 0.795. The highest BCUT2D eigenvalue weighted by molar-refractivity contribution is 6.31. The van der Waals surface area contributed by atoms with Crippen molar-refractivity contribution < 1.29 is 14.7 Å². The number of aromatic carboxylic acids is 1. The van der Waals surface area contributed by atoms with Crippen LogP contribution in [-0.2, 0) is 0 Å². The van der Waals surface area contributed by atoms with Gasteiger partial charge in [0.25, 0.3) is 0 Å². The van der Waals surface area contributed by atoms with E-state index in [1.807, 2.05) is 0 Å². The van der Waals surface area contributed by atoms with E-state index < -0.39 is 5.97 Å². The van der Waals surface area contributed by atoms with Crippen molar-refractivity contribution >= 4 is 29.3 Å². The van der Waals surface area contributed by atoms with Gasteiger partial charge in [0.2, 0.25) is 0 Å². The number of nitrogens with one attached hydrogen (secondary N) is 2. The molecule has 1 aliphatic rings. The van der Waals surface area contributed by atoms with Crippen LogP contribution in [0.4, 0.5) is 10.5 Å². The van der Waals surface area contributed by atoms with Gasteiger partial charge in [-0.05, 0) is 49.8 Å². The number of carboxylic acid groups (broad SMARTS) is 1. The zero-order valence-electron chi connectivity index (χ0n) is 11.9. The van der Waals surface area contributed by atoms with E-state index in [2.05, 4.69) is 17.6 Å². The molecule has 0 bridgehead atoms. The summed E-state index contributed by atoms with van der Waals surface area (Å²) in [5.74, 6) is -0.397. The number of benzene rings is 1. The number of urea groups is 1. The van der Waals surface area contributed by atoms with Crippen LogP contribution in [0.2, 0.25) is 5.02 Å². The van der Waals surface area contributed by atoms with Gasteiger partial charge in [-0.1, -0.05) is 18.5 Å². The minimum absolute atomic E-state index is 0.0202. The van der Waals surface area contributed by atoms with Gasteiger partial charge in [0.1, 0.15) is 0 Å². The molecule has 1 aromatic carbocycles. The van der Waals surface area contributed by atoms with Crippen LogP contribution in [0.3, 0.4) is 0 Å². The Labute approximate surface area is 128 Å². The van der Waals surface area contributed by atoms with Crippen LogP contribution in [0, 0.1) is 5.92 Å². The predicted molar refractivity (Wildman–Crippen MR) is 82.0 cm³/mol. The molecule has 1 aromatic rings. The first-order valence-corrected chi connectivity index (χ1v) is 7.44. The second-order valence-electron chi connectivity index (χ2n) is 5.55. The third-order valence-electron chi connectivity index (χ3n) is 3.81. The van der Waals surface area contributed by atoms with E-state index >= 15 is 0 Å². The summed E-state index contributed by atoms with van der Waals surface area (Å²) in [6, 6.07) is 4.06. The molecule has 6 heteroatoms. The summed E-state index contributed by atoms with van der Waals surface area (Å²) in [5.41, 5.74) is 0.225. The van der Waals surface area contributed by atoms with Crippen molar-refractivity contribution in [3.05, 3.63) is 28.8 Å². The molecule has 0 atom stereocenters. The molecule has 1 saturated carbocycles. The minimum Gasteiger partial charge on any atom is -0.478 e. The Morgan fingerprint density at radius 2 is 1.90 bits per heavy atom. The van der Waals surface area contributed by atoms with Crippen molar-refractivity contribution in [1.82, 2.24) is 5.32 Å². The second kappa shape index (κ2) is 6.80. The minimum atomic E-state index is -1.10. The SMILES string of the molecule is CC1CCC(NC(=O)Nc2cc(Cl)ccc2C(=O)O)CC1. The summed E-state index contributed by atoms with van der Waals surface area (Å²) in [6.45, 7) is 2.21. The zero-order chi connectivity index (χ0) is 15.4.